The van der Waals surface area contributed by atoms with Gasteiger partial charge in [-0.15, -0.1) is 0 Å². The number of hydrogen-bond acceptors (Lipinski definition) is 3. The lowest BCUT2D eigenvalue weighted by molar-refractivity contribution is -0.124. The second kappa shape index (κ2) is 10.6. The highest BCUT2D eigenvalue weighted by Gasteiger charge is 2.40. The number of benzene rings is 1. The molecule has 4 nitrogen and oxygen atoms in total. The molecule has 184 valence electrons. The fourth-order valence-electron chi connectivity index (χ4n) is 5.94. The molecule has 1 aliphatic carbocycles. The van der Waals surface area contributed by atoms with Crippen LogP contribution >= 0.6 is 11.6 Å². The first-order valence-corrected chi connectivity index (χ1v) is 13.2. The molecule has 3 aliphatic rings. The average Bonchev–Trinajstić information content (AvgIpc) is 2.79. The van der Waals surface area contributed by atoms with Gasteiger partial charge < -0.3 is 14.5 Å². The molecule has 0 spiro atoms. The predicted octanol–water partition coefficient (Wildman–Crippen LogP) is 6.26. The zero-order valence-corrected chi connectivity index (χ0v) is 21.1. The summed E-state index contributed by atoms with van der Waals surface area (Å²) in [4.78, 5) is 17.6. The van der Waals surface area contributed by atoms with Gasteiger partial charge in [-0.25, -0.2) is 4.39 Å². The lowest BCUT2D eigenvalue weighted by Crippen LogP contribution is -2.52. The molecule has 0 radical (unpaired) electrons. The van der Waals surface area contributed by atoms with Crippen LogP contribution in [-0.4, -0.2) is 54.9 Å². The molecule has 4 rings (SSSR count). The summed E-state index contributed by atoms with van der Waals surface area (Å²) >= 11 is 6.09. The number of likely N-dealkylation sites (tertiary alicyclic amines) is 1. The number of rotatable bonds is 6. The minimum Gasteiger partial charge on any atom is -0.376 e. The fourth-order valence-corrected chi connectivity index (χ4v) is 6.07. The molecule has 3 fully saturated rings. The molecule has 6 heteroatoms. The second-order valence-corrected chi connectivity index (χ2v) is 11.6. The average molecular weight is 479 g/mol. The standard InChI is InChI=1S/C27H40ClFN2O2/c1-26(2)18-21(12-17-33-26)19-30-15-13-27(29,14-16-30)20-31(24-10-8-23(28)9-11-24)25(32)22-6-4-3-5-7-22/h8-11,21-22H,3-7,12-20H2,1-2H3. The van der Waals surface area contributed by atoms with Crippen molar-refractivity contribution in [3.8, 4) is 0 Å². The summed E-state index contributed by atoms with van der Waals surface area (Å²) in [5.74, 6) is 0.704. The van der Waals surface area contributed by atoms with E-state index < -0.39 is 5.67 Å². The van der Waals surface area contributed by atoms with Crippen LogP contribution in [-0.2, 0) is 9.53 Å². The number of halogens is 2. The minimum absolute atomic E-state index is 0.00925. The summed E-state index contributed by atoms with van der Waals surface area (Å²) in [6.45, 7) is 7.80. The van der Waals surface area contributed by atoms with Gasteiger partial charge in [0.15, 0.2) is 0 Å². The van der Waals surface area contributed by atoms with Crippen LogP contribution in [0.1, 0.15) is 71.6 Å². The van der Waals surface area contributed by atoms with Crippen molar-refractivity contribution in [1.82, 2.24) is 4.90 Å². The summed E-state index contributed by atoms with van der Waals surface area (Å²) in [6.07, 6.45) is 8.29. The molecule has 2 saturated heterocycles. The molecule has 1 saturated carbocycles. The van der Waals surface area contributed by atoms with Crippen molar-refractivity contribution in [3.05, 3.63) is 29.3 Å². The summed E-state index contributed by atoms with van der Waals surface area (Å²) in [6, 6.07) is 7.30. The summed E-state index contributed by atoms with van der Waals surface area (Å²) < 4.78 is 22.0. The van der Waals surface area contributed by atoms with E-state index in [0.29, 0.717) is 23.8 Å². The molecular formula is C27H40ClFN2O2. The largest absolute Gasteiger partial charge is 0.376 e. The number of ether oxygens (including phenoxy) is 1. The van der Waals surface area contributed by atoms with E-state index in [2.05, 4.69) is 18.7 Å². The van der Waals surface area contributed by atoms with Gasteiger partial charge in [-0.1, -0.05) is 30.9 Å². The molecule has 0 bridgehead atoms. The maximum absolute atomic E-state index is 16.1. The number of alkyl halides is 1. The second-order valence-electron chi connectivity index (χ2n) is 11.2. The van der Waals surface area contributed by atoms with Crippen LogP contribution in [0.2, 0.25) is 5.02 Å². The Balaban J connectivity index is 1.39. The van der Waals surface area contributed by atoms with Crippen molar-refractivity contribution in [2.45, 2.75) is 82.9 Å². The Bertz CT molecular complexity index is 786. The number of nitrogens with zero attached hydrogens (tertiary/aromatic N) is 2. The van der Waals surface area contributed by atoms with Gasteiger partial charge in [0.1, 0.15) is 5.67 Å². The van der Waals surface area contributed by atoms with E-state index in [1.54, 1.807) is 17.0 Å². The Morgan fingerprint density at radius 1 is 1.12 bits per heavy atom. The van der Waals surface area contributed by atoms with E-state index >= 15 is 4.39 Å². The molecule has 33 heavy (non-hydrogen) atoms. The SMILES string of the molecule is CC1(C)CC(CN2CCC(F)(CN(C(=O)C3CCCCC3)c3ccc(Cl)cc3)CC2)CCO1. The van der Waals surface area contributed by atoms with Crippen molar-refractivity contribution in [2.75, 3.05) is 37.7 Å². The van der Waals surface area contributed by atoms with Gasteiger partial charge in [-0.05, 0) is 82.6 Å². The topological polar surface area (TPSA) is 32.8 Å². The lowest BCUT2D eigenvalue weighted by Gasteiger charge is -2.42. The first kappa shape index (κ1) is 24.9. The highest BCUT2D eigenvalue weighted by Crippen LogP contribution is 2.35. The highest BCUT2D eigenvalue weighted by molar-refractivity contribution is 6.30. The number of anilines is 1. The molecular weight excluding hydrogens is 439 g/mol. The van der Waals surface area contributed by atoms with E-state index in [4.69, 9.17) is 16.3 Å². The molecule has 1 unspecified atom stereocenters. The maximum Gasteiger partial charge on any atom is 0.230 e. The minimum atomic E-state index is -1.35. The number of piperidine rings is 1. The first-order chi connectivity index (χ1) is 15.7. The monoisotopic (exact) mass is 478 g/mol. The van der Waals surface area contributed by atoms with Crippen molar-refractivity contribution in [1.29, 1.82) is 0 Å². The van der Waals surface area contributed by atoms with E-state index in [9.17, 15) is 4.79 Å². The molecule has 1 aromatic carbocycles. The van der Waals surface area contributed by atoms with Gasteiger partial charge in [-0.3, -0.25) is 4.79 Å². The maximum atomic E-state index is 16.1. The van der Waals surface area contributed by atoms with Crippen molar-refractivity contribution in [2.24, 2.45) is 11.8 Å². The number of amides is 1. The van der Waals surface area contributed by atoms with E-state index in [1.807, 2.05) is 12.1 Å². The van der Waals surface area contributed by atoms with Gasteiger partial charge in [0.05, 0.1) is 12.1 Å². The number of carbonyl (C=O) groups is 1. The normalized spacial score (nSPS) is 26.1. The van der Waals surface area contributed by atoms with Crippen LogP contribution in [0.25, 0.3) is 0 Å². The van der Waals surface area contributed by atoms with Crippen LogP contribution in [0, 0.1) is 11.8 Å². The molecule has 0 N–H and O–H groups in total. The zero-order chi connectivity index (χ0) is 23.5. The van der Waals surface area contributed by atoms with E-state index in [-0.39, 0.29) is 24.0 Å². The Morgan fingerprint density at radius 2 is 1.79 bits per heavy atom. The molecule has 1 aromatic rings. The molecule has 2 aliphatic heterocycles. The van der Waals surface area contributed by atoms with E-state index in [0.717, 1.165) is 70.5 Å². The Kier molecular flexibility index (Phi) is 8.02. The van der Waals surface area contributed by atoms with Gasteiger partial charge in [0, 0.05) is 42.9 Å². The third-order valence-corrected chi connectivity index (χ3v) is 8.12. The van der Waals surface area contributed by atoms with Crippen molar-refractivity contribution >= 4 is 23.2 Å². The van der Waals surface area contributed by atoms with Gasteiger partial charge in [0.2, 0.25) is 5.91 Å². The van der Waals surface area contributed by atoms with Crippen LogP contribution < -0.4 is 4.90 Å². The van der Waals surface area contributed by atoms with Crippen LogP contribution in [0.15, 0.2) is 24.3 Å². The van der Waals surface area contributed by atoms with Gasteiger partial charge >= 0.3 is 0 Å². The van der Waals surface area contributed by atoms with Crippen LogP contribution in [0.4, 0.5) is 10.1 Å². The van der Waals surface area contributed by atoms with Crippen LogP contribution in [0.5, 0.6) is 0 Å². The third kappa shape index (κ3) is 6.70. The highest BCUT2D eigenvalue weighted by atomic mass is 35.5. The molecule has 1 atom stereocenters. The fraction of sp³-hybridized carbons (Fsp3) is 0.741. The summed E-state index contributed by atoms with van der Waals surface area (Å²) in [5.41, 5.74) is -0.643. The summed E-state index contributed by atoms with van der Waals surface area (Å²) in [5, 5.41) is 0.628. The smallest absolute Gasteiger partial charge is 0.230 e. The lowest BCUT2D eigenvalue weighted by atomic mass is 9.86. The number of carbonyl (C=O) groups excluding carboxylic acids is 1. The predicted molar refractivity (Wildman–Crippen MR) is 133 cm³/mol. The Labute approximate surface area is 203 Å². The molecule has 1 amide bonds. The van der Waals surface area contributed by atoms with Gasteiger partial charge in [-0.2, -0.15) is 0 Å². The third-order valence-electron chi connectivity index (χ3n) is 7.87. The van der Waals surface area contributed by atoms with Gasteiger partial charge in [0.25, 0.3) is 0 Å². The van der Waals surface area contributed by atoms with E-state index in [1.165, 1.54) is 6.42 Å². The molecule has 2 heterocycles. The number of hydrogen-bond donors (Lipinski definition) is 0. The Morgan fingerprint density at radius 3 is 2.42 bits per heavy atom. The molecule has 0 aromatic heterocycles. The zero-order valence-electron chi connectivity index (χ0n) is 20.3. The quantitative estimate of drug-likeness (QED) is 0.483. The van der Waals surface area contributed by atoms with Crippen molar-refractivity contribution in [3.63, 3.8) is 0 Å². The summed E-state index contributed by atoms with van der Waals surface area (Å²) in [7, 11) is 0. The van der Waals surface area contributed by atoms with Crippen molar-refractivity contribution < 1.29 is 13.9 Å². The Hall–Kier alpha value is -1.17. The van der Waals surface area contributed by atoms with Crippen LogP contribution in [0.3, 0.4) is 0 Å². The first-order valence-electron chi connectivity index (χ1n) is 12.9.